The Morgan fingerprint density at radius 3 is 2.88 bits per heavy atom. The van der Waals surface area contributed by atoms with Gasteiger partial charge in [0.2, 0.25) is 5.91 Å². The molecule has 0 radical (unpaired) electrons. The Hall–Kier alpha value is -2.15. The normalized spacial score (nSPS) is 16.4. The van der Waals surface area contributed by atoms with E-state index in [2.05, 4.69) is 10.6 Å². The van der Waals surface area contributed by atoms with Crippen LogP contribution in [0.1, 0.15) is 12.0 Å². The average molecular weight is 381 g/mol. The zero-order valence-corrected chi connectivity index (χ0v) is 15.1. The Bertz CT molecular complexity index is 723. The van der Waals surface area contributed by atoms with E-state index in [9.17, 15) is 9.18 Å². The summed E-state index contributed by atoms with van der Waals surface area (Å²) < 4.78 is 24.1. The van der Waals surface area contributed by atoms with E-state index in [0.717, 1.165) is 12.1 Å². The predicted molar refractivity (Wildman–Crippen MR) is 100 cm³/mol. The quantitative estimate of drug-likeness (QED) is 0.808. The Morgan fingerprint density at radius 2 is 2.12 bits per heavy atom. The number of morpholine rings is 1. The van der Waals surface area contributed by atoms with Crippen LogP contribution in [0.2, 0.25) is 0 Å². The van der Waals surface area contributed by atoms with Gasteiger partial charge in [-0.05, 0) is 29.8 Å². The number of amides is 1. The fourth-order valence-corrected chi connectivity index (χ4v) is 2.65. The zero-order valence-electron chi connectivity index (χ0n) is 14.2. The van der Waals surface area contributed by atoms with E-state index in [0.29, 0.717) is 37.7 Å². The number of nitrogens with one attached hydrogen (secondary N) is 2. The molecule has 140 valence electrons. The van der Waals surface area contributed by atoms with Crippen LogP contribution in [-0.2, 0) is 16.1 Å². The number of anilines is 1. The molecule has 1 atom stereocenters. The lowest BCUT2D eigenvalue weighted by atomic mass is 10.1. The molecule has 7 heteroatoms. The van der Waals surface area contributed by atoms with Crippen LogP contribution in [-0.4, -0.2) is 31.7 Å². The van der Waals surface area contributed by atoms with E-state index in [1.807, 2.05) is 24.3 Å². The third-order valence-electron chi connectivity index (χ3n) is 3.84. The highest BCUT2D eigenvalue weighted by Crippen LogP contribution is 2.16. The van der Waals surface area contributed by atoms with Gasteiger partial charge in [0.05, 0.1) is 13.2 Å². The summed E-state index contributed by atoms with van der Waals surface area (Å²) in [5, 5.41) is 6.14. The topological polar surface area (TPSA) is 59.6 Å². The second kappa shape index (κ2) is 10.1. The van der Waals surface area contributed by atoms with Crippen LogP contribution in [0, 0.1) is 5.82 Å². The molecule has 1 aliphatic heterocycles. The first-order valence-electron chi connectivity index (χ1n) is 8.27. The van der Waals surface area contributed by atoms with Crippen LogP contribution in [0.5, 0.6) is 5.75 Å². The summed E-state index contributed by atoms with van der Waals surface area (Å²) in [5.41, 5.74) is 1.60. The van der Waals surface area contributed by atoms with E-state index in [4.69, 9.17) is 9.47 Å². The number of carbonyl (C=O) groups is 1. The van der Waals surface area contributed by atoms with Gasteiger partial charge in [-0.2, -0.15) is 0 Å². The summed E-state index contributed by atoms with van der Waals surface area (Å²) in [6.45, 7) is 2.30. The largest absolute Gasteiger partial charge is 0.489 e. The van der Waals surface area contributed by atoms with E-state index >= 15 is 0 Å². The van der Waals surface area contributed by atoms with Crippen molar-refractivity contribution < 1.29 is 18.7 Å². The number of benzene rings is 2. The third kappa shape index (κ3) is 6.29. The van der Waals surface area contributed by atoms with Crippen LogP contribution < -0.4 is 15.4 Å². The van der Waals surface area contributed by atoms with E-state index in [1.54, 1.807) is 12.1 Å². The second-order valence-electron chi connectivity index (χ2n) is 5.92. The van der Waals surface area contributed by atoms with Crippen LogP contribution in [0.3, 0.4) is 0 Å². The lowest BCUT2D eigenvalue weighted by Crippen LogP contribution is -2.43. The van der Waals surface area contributed by atoms with Gasteiger partial charge in [-0.25, -0.2) is 4.39 Å². The van der Waals surface area contributed by atoms with Crippen LogP contribution in [0.4, 0.5) is 10.1 Å². The van der Waals surface area contributed by atoms with Crippen LogP contribution >= 0.6 is 12.4 Å². The van der Waals surface area contributed by atoms with Crippen molar-refractivity contribution in [1.29, 1.82) is 0 Å². The van der Waals surface area contributed by atoms with E-state index in [1.165, 1.54) is 12.1 Å². The van der Waals surface area contributed by atoms with Gasteiger partial charge in [0.15, 0.2) is 0 Å². The van der Waals surface area contributed by atoms with Gasteiger partial charge in [0, 0.05) is 30.8 Å². The Labute approximate surface area is 158 Å². The van der Waals surface area contributed by atoms with Gasteiger partial charge in [0.1, 0.15) is 18.2 Å². The van der Waals surface area contributed by atoms with Gasteiger partial charge in [-0.3, -0.25) is 4.79 Å². The molecule has 1 heterocycles. The molecule has 1 amide bonds. The molecule has 1 fully saturated rings. The Morgan fingerprint density at radius 1 is 1.27 bits per heavy atom. The first-order chi connectivity index (χ1) is 12.2. The highest BCUT2D eigenvalue weighted by molar-refractivity contribution is 5.91. The molecule has 2 aromatic rings. The van der Waals surface area contributed by atoms with Crippen molar-refractivity contribution in [2.75, 3.05) is 25.1 Å². The minimum Gasteiger partial charge on any atom is -0.489 e. The number of carbonyl (C=O) groups excluding carboxylic acids is 1. The second-order valence-corrected chi connectivity index (χ2v) is 5.92. The molecular weight excluding hydrogens is 359 g/mol. The maximum atomic E-state index is 13.2. The van der Waals surface area contributed by atoms with Gasteiger partial charge < -0.3 is 20.1 Å². The van der Waals surface area contributed by atoms with Crippen molar-refractivity contribution in [2.45, 2.75) is 19.1 Å². The SMILES string of the molecule is Cl.O=C(CC1COCCN1)Nc1cccc(COc2cccc(F)c2)c1. The predicted octanol–water partition coefficient (Wildman–Crippen LogP) is 3.14. The van der Waals surface area contributed by atoms with Gasteiger partial charge in [0.25, 0.3) is 0 Å². The van der Waals surface area contributed by atoms with Crippen molar-refractivity contribution in [1.82, 2.24) is 5.32 Å². The molecular formula is C19H22ClFN2O3. The van der Waals surface area contributed by atoms with Crippen molar-refractivity contribution in [3.8, 4) is 5.75 Å². The zero-order chi connectivity index (χ0) is 17.5. The lowest BCUT2D eigenvalue weighted by Gasteiger charge is -2.23. The molecule has 2 aromatic carbocycles. The fraction of sp³-hybridized carbons (Fsp3) is 0.316. The molecule has 0 bridgehead atoms. The molecule has 2 N–H and O–H groups in total. The van der Waals surface area contributed by atoms with Gasteiger partial charge in [-0.15, -0.1) is 12.4 Å². The van der Waals surface area contributed by atoms with Crippen LogP contribution in [0.15, 0.2) is 48.5 Å². The maximum absolute atomic E-state index is 13.2. The highest BCUT2D eigenvalue weighted by Gasteiger charge is 2.16. The summed E-state index contributed by atoms with van der Waals surface area (Å²) >= 11 is 0. The van der Waals surface area contributed by atoms with E-state index < -0.39 is 0 Å². The molecule has 1 aliphatic rings. The molecule has 3 rings (SSSR count). The molecule has 1 unspecified atom stereocenters. The highest BCUT2D eigenvalue weighted by atomic mass is 35.5. The molecule has 5 nitrogen and oxygen atoms in total. The third-order valence-corrected chi connectivity index (χ3v) is 3.84. The van der Waals surface area contributed by atoms with Gasteiger partial charge >= 0.3 is 0 Å². The number of halogens is 2. The standard InChI is InChI=1S/C19H21FN2O3.ClH/c20-15-4-2-6-18(10-15)25-12-14-3-1-5-16(9-14)22-19(23)11-17-13-24-8-7-21-17;/h1-6,9-10,17,21H,7-8,11-13H2,(H,22,23);1H. The average Bonchev–Trinajstić information content (AvgIpc) is 2.61. The minimum atomic E-state index is -0.334. The molecule has 0 aliphatic carbocycles. The van der Waals surface area contributed by atoms with Crippen molar-refractivity contribution in [2.24, 2.45) is 0 Å². The maximum Gasteiger partial charge on any atom is 0.226 e. The van der Waals surface area contributed by atoms with Crippen molar-refractivity contribution in [3.05, 3.63) is 59.9 Å². The Kier molecular flexibility index (Phi) is 7.84. The fourth-order valence-electron chi connectivity index (χ4n) is 2.65. The first kappa shape index (κ1) is 20.2. The van der Waals surface area contributed by atoms with Crippen molar-refractivity contribution >= 4 is 24.0 Å². The summed E-state index contributed by atoms with van der Waals surface area (Å²) in [6, 6.07) is 13.5. The molecule has 1 saturated heterocycles. The Balaban J connectivity index is 0.00000243. The first-order valence-corrected chi connectivity index (χ1v) is 8.27. The monoisotopic (exact) mass is 380 g/mol. The molecule has 0 saturated carbocycles. The number of hydrogen-bond donors (Lipinski definition) is 2. The summed E-state index contributed by atoms with van der Waals surface area (Å²) in [6.07, 6.45) is 0.365. The smallest absolute Gasteiger partial charge is 0.226 e. The van der Waals surface area contributed by atoms with Crippen molar-refractivity contribution in [3.63, 3.8) is 0 Å². The molecule has 26 heavy (non-hydrogen) atoms. The number of hydrogen-bond acceptors (Lipinski definition) is 4. The van der Waals surface area contributed by atoms with Crippen LogP contribution in [0.25, 0.3) is 0 Å². The summed E-state index contributed by atoms with van der Waals surface area (Å²) in [7, 11) is 0. The molecule has 0 spiro atoms. The number of rotatable bonds is 6. The minimum absolute atomic E-state index is 0. The van der Waals surface area contributed by atoms with Gasteiger partial charge in [-0.1, -0.05) is 18.2 Å². The summed E-state index contributed by atoms with van der Waals surface area (Å²) in [4.78, 5) is 12.1. The number of ether oxygens (including phenoxy) is 2. The lowest BCUT2D eigenvalue weighted by molar-refractivity contribution is -0.117. The summed E-state index contributed by atoms with van der Waals surface area (Å²) in [5.74, 6) is 0.0721. The van der Waals surface area contributed by atoms with E-state index in [-0.39, 0.29) is 30.2 Å². The molecule has 0 aromatic heterocycles.